The molecule has 0 bridgehead atoms. The fraction of sp³-hybridized carbons (Fsp3) is 0.188. The molecule has 1 heterocycles. The monoisotopic (exact) mass is 667 g/mol. The maximum Gasteiger partial charge on any atom is 0.126 e. The summed E-state index contributed by atoms with van der Waals surface area (Å²) >= 11 is 0. The van der Waals surface area contributed by atoms with E-state index in [0.29, 0.717) is 0 Å². The van der Waals surface area contributed by atoms with Gasteiger partial charge in [-0.1, -0.05) is 157 Å². The zero-order valence-electron chi connectivity index (χ0n) is 32.1. The van der Waals surface area contributed by atoms with Gasteiger partial charge in [0.2, 0.25) is 0 Å². The van der Waals surface area contributed by atoms with Crippen LogP contribution in [-0.2, 0) is 0 Å². The summed E-state index contributed by atoms with van der Waals surface area (Å²) in [7, 11) is 0. The first-order valence-corrected chi connectivity index (χ1v) is 16.8. The van der Waals surface area contributed by atoms with Gasteiger partial charge in [-0.2, -0.15) is 5.26 Å². The summed E-state index contributed by atoms with van der Waals surface area (Å²) in [6.07, 6.45) is 25.4. The molecule has 0 saturated carbocycles. The molecule has 0 spiro atoms. The van der Waals surface area contributed by atoms with Crippen LogP contribution in [0.3, 0.4) is 0 Å². The third-order valence-corrected chi connectivity index (χ3v) is 5.12. The van der Waals surface area contributed by atoms with Crippen LogP contribution in [0.25, 0.3) is 24.3 Å². The Balaban J connectivity index is -0.000000539. The molecule has 3 aromatic carbocycles. The lowest BCUT2D eigenvalue weighted by atomic mass is 10.1. The fourth-order valence-electron chi connectivity index (χ4n) is 2.98. The van der Waals surface area contributed by atoms with E-state index in [4.69, 9.17) is 9.68 Å². The van der Waals surface area contributed by atoms with Crippen LogP contribution in [0.1, 0.15) is 84.8 Å². The predicted octanol–water partition coefficient (Wildman–Crippen LogP) is 15.3. The van der Waals surface area contributed by atoms with Crippen molar-refractivity contribution in [2.24, 2.45) is 0 Å². The molecule has 0 N–H and O–H groups in total. The Morgan fingerprint density at radius 2 is 0.980 bits per heavy atom. The molecule has 0 aliphatic heterocycles. The first-order chi connectivity index (χ1) is 24.2. The highest BCUT2D eigenvalue weighted by Crippen LogP contribution is 2.05. The van der Waals surface area contributed by atoms with Crippen LogP contribution in [0, 0.1) is 11.3 Å². The Bertz CT molecular complexity index is 1520. The molecule has 0 aliphatic carbocycles. The third-order valence-electron chi connectivity index (χ3n) is 5.12. The van der Waals surface area contributed by atoms with Gasteiger partial charge in [0.1, 0.15) is 5.76 Å². The van der Waals surface area contributed by atoms with E-state index in [-0.39, 0.29) is 0 Å². The summed E-state index contributed by atoms with van der Waals surface area (Å²) in [5, 5.41) is 8.48. The van der Waals surface area contributed by atoms with Crippen LogP contribution in [0.4, 0.5) is 0 Å². The third kappa shape index (κ3) is 38.5. The van der Waals surface area contributed by atoms with Crippen LogP contribution in [0.5, 0.6) is 0 Å². The second kappa shape index (κ2) is 39.5. The van der Waals surface area contributed by atoms with Crippen molar-refractivity contribution in [3.05, 3.63) is 205 Å². The van der Waals surface area contributed by atoms with Gasteiger partial charge in [-0.3, -0.25) is 0 Å². The molecule has 50 heavy (non-hydrogen) atoms. The lowest BCUT2D eigenvalue weighted by molar-refractivity contribution is 0.557. The Morgan fingerprint density at radius 1 is 0.560 bits per heavy atom. The summed E-state index contributed by atoms with van der Waals surface area (Å²) in [6, 6.07) is 36.2. The van der Waals surface area contributed by atoms with Crippen molar-refractivity contribution < 1.29 is 4.42 Å². The topological polar surface area (TPSA) is 36.9 Å². The molecule has 0 amide bonds. The molecule has 0 atom stereocenters. The number of allylic oxidation sites excluding steroid dienone is 10. The van der Waals surface area contributed by atoms with Crippen molar-refractivity contribution in [2.75, 3.05) is 0 Å². The minimum Gasteiger partial charge on any atom is -0.465 e. The van der Waals surface area contributed by atoms with Crippen molar-refractivity contribution in [3.63, 3.8) is 0 Å². The van der Waals surface area contributed by atoms with E-state index in [1.54, 1.807) is 19.3 Å². The normalized spacial score (nSPS) is 9.96. The summed E-state index contributed by atoms with van der Waals surface area (Å²) in [5.74, 6) is 0.910. The van der Waals surface area contributed by atoms with Crippen molar-refractivity contribution in [1.82, 2.24) is 0 Å². The molecule has 0 fully saturated rings. The van der Waals surface area contributed by atoms with E-state index in [1.165, 1.54) is 16.7 Å². The van der Waals surface area contributed by atoms with E-state index in [1.807, 2.05) is 189 Å². The zero-order valence-corrected chi connectivity index (χ0v) is 32.1. The van der Waals surface area contributed by atoms with Gasteiger partial charge in [0.15, 0.2) is 0 Å². The van der Waals surface area contributed by atoms with E-state index < -0.39 is 0 Å². The van der Waals surface area contributed by atoms with Crippen molar-refractivity contribution in [2.45, 2.75) is 62.3 Å². The molecule has 0 radical (unpaired) electrons. The van der Waals surface area contributed by atoms with Crippen LogP contribution in [-0.4, -0.2) is 0 Å². The minimum absolute atomic E-state index is 0.733. The molecule has 0 saturated heterocycles. The first-order valence-electron chi connectivity index (χ1n) is 16.8. The van der Waals surface area contributed by atoms with E-state index in [9.17, 15) is 0 Å². The molecule has 2 nitrogen and oxygen atoms in total. The number of hydrogen-bond donors (Lipinski definition) is 0. The number of furan rings is 1. The van der Waals surface area contributed by atoms with Gasteiger partial charge in [0, 0.05) is 5.57 Å². The molecule has 0 unspecified atom stereocenters. The number of nitrogens with zero attached hydrogens (tertiary/aromatic N) is 1. The molecular formula is C48H61NO. The van der Waals surface area contributed by atoms with Gasteiger partial charge in [0.25, 0.3) is 0 Å². The molecule has 4 rings (SSSR count). The van der Waals surface area contributed by atoms with Gasteiger partial charge in [0.05, 0.1) is 12.3 Å². The average molecular weight is 668 g/mol. The number of nitriles is 1. The van der Waals surface area contributed by atoms with Crippen molar-refractivity contribution in [3.8, 4) is 6.07 Å². The number of rotatable bonds is 5. The Morgan fingerprint density at radius 3 is 1.32 bits per heavy atom. The number of hydrogen-bond acceptors (Lipinski definition) is 2. The Labute approximate surface area is 306 Å². The van der Waals surface area contributed by atoms with Crippen molar-refractivity contribution in [1.29, 1.82) is 5.26 Å². The minimum atomic E-state index is 0.733. The summed E-state index contributed by atoms with van der Waals surface area (Å²) < 4.78 is 4.99. The van der Waals surface area contributed by atoms with Crippen molar-refractivity contribution >= 4 is 24.3 Å². The van der Waals surface area contributed by atoms with Gasteiger partial charge in [-0.15, -0.1) is 13.2 Å². The summed E-state index contributed by atoms with van der Waals surface area (Å²) in [5.41, 5.74) is 5.48. The molecule has 264 valence electrons. The quantitative estimate of drug-likeness (QED) is 0.121. The van der Waals surface area contributed by atoms with E-state index >= 15 is 0 Å². The average Bonchev–Trinajstić information content (AvgIpc) is 3.65. The lowest BCUT2D eigenvalue weighted by Crippen LogP contribution is -1.71. The maximum atomic E-state index is 8.48. The largest absolute Gasteiger partial charge is 0.465 e. The van der Waals surface area contributed by atoms with Crippen LogP contribution in [0.2, 0.25) is 0 Å². The zero-order chi connectivity index (χ0) is 38.1. The maximum absolute atomic E-state index is 8.48. The Kier molecular flexibility index (Phi) is 38.5. The Hall–Kier alpha value is -5.65. The van der Waals surface area contributed by atoms with Gasteiger partial charge >= 0.3 is 0 Å². The van der Waals surface area contributed by atoms with Gasteiger partial charge in [-0.25, -0.2) is 0 Å². The molecule has 0 aliphatic rings. The highest BCUT2D eigenvalue weighted by Gasteiger charge is 1.86. The van der Waals surface area contributed by atoms with Gasteiger partial charge in [-0.05, 0) is 103 Å². The van der Waals surface area contributed by atoms with E-state index in [2.05, 4.69) is 55.6 Å². The summed E-state index contributed by atoms with van der Waals surface area (Å²) in [4.78, 5) is 0. The molecule has 2 heteroatoms. The molecule has 4 aromatic rings. The summed E-state index contributed by atoms with van der Waals surface area (Å²) in [6.45, 7) is 24.5. The highest BCUT2D eigenvalue weighted by molar-refractivity contribution is 5.55. The van der Waals surface area contributed by atoms with E-state index in [0.717, 1.165) is 16.9 Å². The first kappa shape index (κ1) is 48.7. The fourth-order valence-corrected chi connectivity index (χ4v) is 2.98. The smallest absolute Gasteiger partial charge is 0.126 e. The highest BCUT2D eigenvalue weighted by atomic mass is 16.3. The predicted molar refractivity (Wildman–Crippen MR) is 227 cm³/mol. The number of benzene rings is 3. The SMILES string of the molecule is C/C(C#N)=C/c1ccccc1.C/C=C/C.C/C=C/C=C/c1ccccc1.C/C=C/c1ccccc1.C/C=C/c1ccco1.C=C(C)C.C=CC. The molecule has 1 aromatic heterocycles. The second-order valence-corrected chi connectivity index (χ2v) is 10.4. The van der Waals surface area contributed by atoms with Gasteiger partial charge < -0.3 is 4.42 Å². The van der Waals surface area contributed by atoms with Crippen LogP contribution < -0.4 is 0 Å². The van der Waals surface area contributed by atoms with Crippen LogP contribution in [0.15, 0.2) is 187 Å². The molecular weight excluding hydrogens is 607 g/mol. The lowest BCUT2D eigenvalue weighted by Gasteiger charge is -1.90. The van der Waals surface area contributed by atoms with Crippen LogP contribution >= 0.6 is 0 Å². The standard InChI is InChI=1S/C11H12.C10H9N.C9H10.C7H8O.2C4H8.C3H6/c1-2-3-5-8-11-9-6-4-7-10-11;1-9(8-11)7-10-5-3-2-4-6-10;1-2-6-9-7-4-3-5-8-9;1-2-4-7-5-3-6-8-7;1-4(2)3;1-3-4-2;1-3-2/h2-10H,1H3;2-7H,1H3;2-8H,1H3;2-6H,1H3;1H2,2-3H3;3-4H,1-2H3;3H,1H2,2H3/b3-2+,8-5+;9-7-;6-2+;4-2+;;4-3+;. The second-order valence-electron chi connectivity index (χ2n) is 10.4.